The van der Waals surface area contributed by atoms with Gasteiger partial charge in [0.05, 0.1) is 16.2 Å². The van der Waals surface area contributed by atoms with Gasteiger partial charge in [0.2, 0.25) is 0 Å². The predicted molar refractivity (Wildman–Crippen MR) is 72.9 cm³/mol. The second-order valence-electron chi connectivity index (χ2n) is 4.23. The molecular formula is C13H11ClFN3. The van der Waals surface area contributed by atoms with E-state index in [1.54, 1.807) is 13.2 Å². The highest BCUT2D eigenvalue weighted by atomic mass is 35.5. The summed E-state index contributed by atoms with van der Waals surface area (Å²) in [6.45, 7) is 1.88. The summed E-state index contributed by atoms with van der Waals surface area (Å²) in [6.07, 6.45) is 1.70. The van der Waals surface area contributed by atoms with Gasteiger partial charge >= 0.3 is 0 Å². The van der Waals surface area contributed by atoms with Crippen molar-refractivity contribution in [1.29, 1.82) is 0 Å². The number of aromatic nitrogens is 2. The Labute approximate surface area is 108 Å². The van der Waals surface area contributed by atoms with E-state index in [9.17, 15) is 4.39 Å². The molecule has 0 bridgehead atoms. The van der Waals surface area contributed by atoms with Crippen molar-refractivity contribution in [3.05, 3.63) is 34.7 Å². The quantitative estimate of drug-likeness (QED) is 0.700. The molecule has 2 N–H and O–H groups in total. The molecule has 3 nitrogen and oxygen atoms in total. The van der Waals surface area contributed by atoms with Gasteiger partial charge in [-0.1, -0.05) is 11.6 Å². The molecule has 0 saturated heterocycles. The van der Waals surface area contributed by atoms with Crippen LogP contribution < -0.4 is 5.32 Å². The molecule has 3 aromatic rings. The van der Waals surface area contributed by atoms with Crippen LogP contribution in [0.25, 0.3) is 21.9 Å². The van der Waals surface area contributed by atoms with Crippen LogP contribution in [0.5, 0.6) is 0 Å². The minimum Gasteiger partial charge on any atom is -0.386 e. The Bertz CT molecular complexity index is 764. The Morgan fingerprint density at radius 1 is 1.39 bits per heavy atom. The van der Waals surface area contributed by atoms with Gasteiger partial charge in [-0.2, -0.15) is 0 Å². The van der Waals surface area contributed by atoms with E-state index in [1.165, 1.54) is 12.1 Å². The standard InChI is InChI=1S/C13H11ClFN3/c1-6-5-17-13-10(11(6)14)8-3-7(15)4-9(16-2)12(8)18-13/h3-5,16H,1-2H3,(H,17,18). The lowest BCUT2D eigenvalue weighted by Gasteiger charge is -2.02. The Morgan fingerprint density at radius 2 is 2.17 bits per heavy atom. The Balaban J connectivity index is 2.57. The monoisotopic (exact) mass is 263 g/mol. The van der Waals surface area contributed by atoms with E-state index in [2.05, 4.69) is 15.3 Å². The summed E-state index contributed by atoms with van der Waals surface area (Å²) in [4.78, 5) is 7.46. The number of halogens is 2. The molecule has 0 amide bonds. The second-order valence-corrected chi connectivity index (χ2v) is 4.61. The second kappa shape index (κ2) is 3.85. The minimum atomic E-state index is -0.301. The summed E-state index contributed by atoms with van der Waals surface area (Å²) < 4.78 is 13.6. The highest BCUT2D eigenvalue weighted by Gasteiger charge is 2.14. The summed E-state index contributed by atoms with van der Waals surface area (Å²) >= 11 is 6.29. The van der Waals surface area contributed by atoms with Crippen molar-refractivity contribution in [1.82, 2.24) is 9.97 Å². The molecule has 0 atom stereocenters. The molecule has 0 aliphatic rings. The molecule has 0 radical (unpaired) electrons. The van der Waals surface area contributed by atoms with Crippen molar-refractivity contribution in [3.8, 4) is 0 Å². The molecular weight excluding hydrogens is 253 g/mol. The number of pyridine rings is 1. The fraction of sp³-hybridized carbons (Fsp3) is 0.154. The van der Waals surface area contributed by atoms with Crippen LogP contribution in [0.15, 0.2) is 18.3 Å². The SMILES string of the molecule is CNc1cc(F)cc2c1[nH]c1ncc(C)c(Cl)c12. The maximum atomic E-state index is 13.6. The number of benzene rings is 1. The molecule has 0 aliphatic carbocycles. The number of H-pyrrole nitrogens is 1. The first-order valence-electron chi connectivity index (χ1n) is 5.55. The summed E-state index contributed by atoms with van der Waals surface area (Å²) in [5.41, 5.74) is 3.05. The van der Waals surface area contributed by atoms with Gasteiger partial charge in [-0.05, 0) is 24.6 Å². The minimum absolute atomic E-state index is 0.301. The number of hydrogen-bond acceptors (Lipinski definition) is 2. The Hall–Kier alpha value is -1.81. The van der Waals surface area contributed by atoms with Gasteiger partial charge < -0.3 is 10.3 Å². The maximum Gasteiger partial charge on any atom is 0.139 e. The number of nitrogens with one attached hydrogen (secondary N) is 2. The van der Waals surface area contributed by atoms with Crippen molar-refractivity contribution < 1.29 is 4.39 Å². The summed E-state index contributed by atoms with van der Waals surface area (Å²) in [5.74, 6) is -0.301. The van der Waals surface area contributed by atoms with Gasteiger partial charge in [-0.15, -0.1) is 0 Å². The van der Waals surface area contributed by atoms with E-state index in [-0.39, 0.29) is 5.82 Å². The van der Waals surface area contributed by atoms with Gasteiger partial charge in [0.15, 0.2) is 0 Å². The Kier molecular flexibility index (Phi) is 2.41. The third-order valence-electron chi connectivity index (χ3n) is 3.08. The zero-order chi connectivity index (χ0) is 12.9. The lowest BCUT2D eigenvalue weighted by atomic mass is 10.1. The molecule has 2 aromatic heterocycles. The van der Waals surface area contributed by atoms with E-state index in [1.807, 2.05) is 6.92 Å². The summed E-state index contributed by atoms with van der Waals surface area (Å²) in [6, 6.07) is 2.92. The summed E-state index contributed by atoms with van der Waals surface area (Å²) in [5, 5.41) is 5.09. The lowest BCUT2D eigenvalue weighted by Crippen LogP contribution is -1.90. The van der Waals surface area contributed by atoms with Gasteiger partial charge in [0.25, 0.3) is 0 Å². The van der Waals surface area contributed by atoms with Crippen LogP contribution in [0.4, 0.5) is 10.1 Å². The first kappa shape index (κ1) is 11.3. The number of fused-ring (bicyclic) bond motifs is 3. The molecule has 0 saturated carbocycles. The number of rotatable bonds is 1. The molecule has 0 aliphatic heterocycles. The molecule has 0 spiro atoms. The van der Waals surface area contributed by atoms with Gasteiger partial charge in [0, 0.05) is 24.0 Å². The van der Waals surface area contributed by atoms with Crippen LogP contribution >= 0.6 is 11.6 Å². The summed E-state index contributed by atoms with van der Waals surface area (Å²) in [7, 11) is 1.75. The topological polar surface area (TPSA) is 40.7 Å². The van der Waals surface area contributed by atoms with E-state index in [4.69, 9.17) is 11.6 Å². The fourth-order valence-corrected chi connectivity index (χ4v) is 2.42. The number of hydrogen-bond donors (Lipinski definition) is 2. The number of anilines is 1. The average molecular weight is 264 g/mol. The first-order valence-corrected chi connectivity index (χ1v) is 5.93. The first-order chi connectivity index (χ1) is 8.61. The number of nitrogens with zero attached hydrogens (tertiary/aromatic N) is 1. The zero-order valence-electron chi connectivity index (χ0n) is 9.94. The van der Waals surface area contributed by atoms with Gasteiger partial charge in [-0.3, -0.25) is 0 Å². The van der Waals surface area contributed by atoms with Crippen molar-refractivity contribution >= 4 is 39.2 Å². The largest absolute Gasteiger partial charge is 0.386 e. The van der Waals surface area contributed by atoms with Crippen LogP contribution in [-0.4, -0.2) is 17.0 Å². The number of aryl methyl sites for hydroxylation is 1. The van der Waals surface area contributed by atoms with Crippen molar-refractivity contribution in [2.24, 2.45) is 0 Å². The zero-order valence-corrected chi connectivity index (χ0v) is 10.7. The van der Waals surface area contributed by atoms with Crippen LogP contribution in [0, 0.1) is 12.7 Å². The van der Waals surface area contributed by atoms with E-state index < -0.39 is 0 Å². The van der Waals surface area contributed by atoms with E-state index >= 15 is 0 Å². The normalized spacial score (nSPS) is 11.3. The van der Waals surface area contributed by atoms with Crippen molar-refractivity contribution in [2.45, 2.75) is 6.92 Å². The van der Waals surface area contributed by atoms with Gasteiger partial charge in [-0.25, -0.2) is 9.37 Å². The molecule has 92 valence electrons. The highest BCUT2D eigenvalue weighted by Crippen LogP contribution is 2.35. The number of aromatic amines is 1. The highest BCUT2D eigenvalue weighted by molar-refractivity contribution is 6.38. The van der Waals surface area contributed by atoms with Crippen LogP contribution in [-0.2, 0) is 0 Å². The lowest BCUT2D eigenvalue weighted by molar-refractivity contribution is 0.630. The smallest absolute Gasteiger partial charge is 0.139 e. The molecule has 18 heavy (non-hydrogen) atoms. The average Bonchev–Trinajstić information content (AvgIpc) is 2.72. The molecule has 3 rings (SSSR count). The van der Waals surface area contributed by atoms with E-state index in [0.29, 0.717) is 16.4 Å². The van der Waals surface area contributed by atoms with Crippen molar-refractivity contribution in [3.63, 3.8) is 0 Å². The fourth-order valence-electron chi connectivity index (χ4n) is 2.18. The maximum absolute atomic E-state index is 13.6. The molecule has 2 heterocycles. The molecule has 1 aromatic carbocycles. The third kappa shape index (κ3) is 1.46. The molecule has 5 heteroatoms. The van der Waals surface area contributed by atoms with Crippen LogP contribution in [0.3, 0.4) is 0 Å². The van der Waals surface area contributed by atoms with Crippen molar-refractivity contribution in [2.75, 3.05) is 12.4 Å². The van der Waals surface area contributed by atoms with Gasteiger partial charge in [0.1, 0.15) is 11.5 Å². The third-order valence-corrected chi connectivity index (χ3v) is 3.56. The van der Waals surface area contributed by atoms with E-state index in [0.717, 1.165) is 21.9 Å². The predicted octanol–water partition coefficient (Wildman–Crippen LogP) is 3.86. The Morgan fingerprint density at radius 3 is 2.89 bits per heavy atom. The van der Waals surface area contributed by atoms with Crippen LogP contribution in [0.1, 0.15) is 5.56 Å². The molecule has 0 fully saturated rings. The van der Waals surface area contributed by atoms with Crippen LogP contribution in [0.2, 0.25) is 5.02 Å². The molecule has 0 unspecified atom stereocenters.